The Morgan fingerprint density at radius 3 is 2.52 bits per heavy atom. The Kier molecular flexibility index (Phi) is 7.65. The molecule has 0 aliphatic rings. The van der Waals surface area contributed by atoms with Gasteiger partial charge in [-0.05, 0) is 50.3 Å². The molecule has 2 amide bonds. The van der Waals surface area contributed by atoms with E-state index in [1.807, 2.05) is 11.5 Å². The van der Waals surface area contributed by atoms with Crippen LogP contribution in [-0.2, 0) is 32.6 Å². The molecule has 0 saturated heterocycles. The van der Waals surface area contributed by atoms with E-state index in [1.54, 1.807) is 0 Å². The average molecular weight is 441 g/mol. The third kappa shape index (κ3) is 6.21. The number of amides is 2. The number of anilines is 1. The highest BCUT2D eigenvalue weighted by molar-refractivity contribution is 7.89. The second-order valence-electron chi connectivity index (χ2n) is 6.28. The Labute approximate surface area is 174 Å². The number of nitrogens with one attached hydrogen (secondary N) is 4. The molecule has 158 valence electrons. The fourth-order valence-corrected chi connectivity index (χ4v) is 4.08. The number of hydrogen-bond donors (Lipinski definition) is 4. The van der Waals surface area contributed by atoms with E-state index in [0.29, 0.717) is 29.2 Å². The van der Waals surface area contributed by atoms with E-state index >= 15 is 0 Å². The number of carbonyl (C=O) groups is 2. The Morgan fingerprint density at radius 2 is 1.93 bits per heavy atom. The SMILES string of the molecule is CCn1c(CCNC(=O)[C@H](C)NS(=O)(=O)c2ccc(NC(C)=O)cc2)n[nH]c1=S. The van der Waals surface area contributed by atoms with Crippen molar-refractivity contribution in [3.63, 3.8) is 0 Å². The lowest BCUT2D eigenvalue weighted by molar-refractivity contribution is -0.122. The average Bonchev–Trinajstić information content (AvgIpc) is 3.00. The molecule has 0 unspecified atom stereocenters. The molecule has 1 atom stereocenters. The fourth-order valence-electron chi connectivity index (χ4n) is 2.59. The summed E-state index contributed by atoms with van der Waals surface area (Å²) in [4.78, 5) is 23.3. The molecule has 0 aliphatic heterocycles. The van der Waals surface area contributed by atoms with Crippen LogP contribution in [0.25, 0.3) is 0 Å². The molecule has 0 fully saturated rings. The van der Waals surface area contributed by atoms with Crippen LogP contribution in [0.15, 0.2) is 29.2 Å². The molecule has 12 heteroatoms. The summed E-state index contributed by atoms with van der Waals surface area (Å²) >= 11 is 5.11. The summed E-state index contributed by atoms with van der Waals surface area (Å²) in [6, 6.07) is 4.68. The largest absolute Gasteiger partial charge is 0.354 e. The van der Waals surface area contributed by atoms with E-state index in [4.69, 9.17) is 12.2 Å². The number of H-pyrrole nitrogens is 1. The highest BCUT2D eigenvalue weighted by Crippen LogP contribution is 2.14. The number of aromatic amines is 1. The van der Waals surface area contributed by atoms with E-state index < -0.39 is 22.0 Å². The third-order valence-corrected chi connectivity index (χ3v) is 5.88. The van der Waals surface area contributed by atoms with Crippen LogP contribution in [0.1, 0.15) is 26.6 Å². The van der Waals surface area contributed by atoms with Crippen LogP contribution in [0.4, 0.5) is 5.69 Å². The van der Waals surface area contributed by atoms with E-state index in [2.05, 4.69) is 25.6 Å². The first-order valence-electron chi connectivity index (χ1n) is 8.95. The van der Waals surface area contributed by atoms with E-state index in [0.717, 1.165) is 0 Å². The standard InChI is InChI=1S/C17H24N6O4S2/c1-4-23-15(20-21-17(23)28)9-10-18-16(25)11(2)22-29(26,27)14-7-5-13(6-8-14)19-12(3)24/h5-8,11,22H,4,9-10H2,1-3H3,(H,18,25)(H,19,24)(H,21,28)/t11-/m0/s1. The second kappa shape index (κ2) is 9.76. The summed E-state index contributed by atoms with van der Waals surface area (Å²) in [7, 11) is -3.89. The predicted octanol–water partition coefficient (Wildman–Crippen LogP) is 0.945. The molecule has 29 heavy (non-hydrogen) atoms. The molecule has 0 saturated carbocycles. The van der Waals surface area contributed by atoms with Crippen LogP contribution < -0.4 is 15.4 Å². The lowest BCUT2D eigenvalue weighted by atomic mass is 10.3. The van der Waals surface area contributed by atoms with Gasteiger partial charge >= 0.3 is 0 Å². The van der Waals surface area contributed by atoms with Gasteiger partial charge < -0.3 is 15.2 Å². The van der Waals surface area contributed by atoms with Gasteiger partial charge in [0.1, 0.15) is 5.82 Å². The van der Waals surface area contributed by atoms with Gasteiger partial charge in [-0.25, -0.2) is 8.42 Å². The van der Waals surface area contributed by atoms with Crippen LogP contribution in [0.5, 0.6) is 0 Å². The normalized spacial score (nSPS) is 12.4. The number of benzene rings is 1. The van der Waals surface area contributed by atoms with Crippen LogP contribution in [0.3, 0.4) is 0 Å². The van der Waals surface area contributed by atoms with Crippen molar-refractivity contribution in [3.8, 4) is 0 Å². The van der Waals surface area contributed by atoms with Crippen LogP contribution in [-0.4, -0.2) is 47.6 Å². The number of carbonyl (C=O) groups excluding carboxylic acids is 2. The first-order valence-corrected chi connectivity index (χ1v) is 10.8. The summed E-state index contributed by atoms with van der Waals surface area (Å²) in [5.74, 6) is -0.00169. The van der Waals surface area contributed by atoms with Gasteiger partial charge in [0.05, 0.1) is 10.9 Å². The number of sulfonamides is 1. The highest BCUT2D eigenvalue weighted by atomic mass is 32.2. The van der Waals surface area contributed by atoms with Gasteiger partial charge in [0, 0.05) is 32.1 Å². The molecule has 0 bridgehead atoms. The minimum Gasteiger partial charge on any atom is -0.354 e. The van der Waals surface area contributed by atoms with E-state index in [1.165, 1.54) is 38.1 Å². The van der Waals surface area contributed by atoms with E-state index in [9.17, 15) is 18.0 Å². The Hall–Kier alpha value is -2.57. The maximum absolute atomic E-state index is 12.5. The summed E-state index contributed by atoms with van der Waals surface area (Å²) < 4.78 is 29.6. The minimum atomic E-state index is -3.89. The molecular weight excluding hydrogens is 416 g/mol. The summed E-state index contributed by atoms with van der Waals surface area (Å²) in [6.45, 7) is 5.70. The smallest absolute Gasteiger partial charge is 0.241 e. The molecule has 1 aromatic heterocycles. The zero-order valence-electron chi connectivity index (χ0n) is 16.4. The van der Waals surface area contributed by atoms with Crippen LogP contribution >= 0.6 is 12.2 Å². The topological polar surface area (TPSA) is 138 Å². The minimum absolute atomic E-state index is 0.00950. The molecule has 0 spiro atoms. The fraction of sp³-hybridized carbons (Fsp3) is 0.412. The maximum atomic E-state index is 12.5. The quantitative estimate of drug-likeness (QED) is 0.428. The molecule has 10 nitrogen and oxygen atoms in total. The Balaban J connectivity index is 1.92. The Bertz CT molecular complexity index is 1030. The van der Waals surface area contributed by atoms with Crippen molar-refractivity contribution in [1.29, 1.82) is 0 Å². The van der Waals surface area contributed by atoms with Gasteiger partial charge in [0.15, 0.2) is 4.77 Å². The highest BCUT2D eigenvalue weighted by Gasteiger charge is 2.22. The van der Waals surface area contributed by atoms with Gasteiger partial charge in [-0.1, -0.05) is 0 Å². The zero-order chi connectivity index (χ0) is 21.6. The van der Waals surface area contributed by atoms with Crippen molar-refractivity contribution in [2.45, 2.75) is 44.7 Å². The van der Waals surface area contributed by atoms with Gasteiger partial charge in [-0.3, -0.25) is 14.7 Å². The second-order valence-corrected chi connectivity index (χ2v) is 8.38. The number of rotatable bonds is 9. The lowest BCUT2D eigenvalue weighted by Gasteiger charge is -2.15. The van der Waals surface area contributed by atoms with Gasteiger partial charge in [0.25, 0.3) is 0 Å². The van der Waals surface area contributed by atoms with Crippen LogP contribution in [0, 0.1) is 4.77 Å². The maximum Gasteiger partial charge on any atom is 0.241 e. The first-order chi connectivity index (χ1) is 13.6. The molecule has 2 rings (SSSR count). The van der Waals surface area contributed by atoms with Crippen molar-refractivity contribution in [1.82, 2.24) is 24.8 Å². The Morgan fingerprint density at radius 1 is 1.28 bits per heavy atom. The van der Waals surface area contributed by atoms with Crippen molar-refractivity contribution < 1.29 is 18.0 Å². The summed E-state index contributed by atoms with van der Waals surface area (Å²) in [5, 5.41) is 12.0. The molecule has 1 aromatic carbocycles. The van der Waals surface area contributed by atoms with E-state index in [-0.39, 0.29) is 17.3 Å². The van der Waals surface area contributed by atoms with Crippen molar-refractivity contribution in [2.24, 2.45) is 0 Å². The van der Waals surface area contributed by atoms with Gasteiger partial charge in [-0.15, -0.1) is 0 Å². The first kappa shape index (κ1) is 22.7. The summed E-state index contributed by atoms with van der Waals surface area (Å²) in [6.07, 6.45) is 0.455. The van der Waals surface area contributed by atoms with Crippen molar-refractivity contribution >= 4 is 39.7 Å². The molecular formula is C17H24N6O4S2. The molecule has 0 radical (unpaired) electrons. The monoisotopic (exact) mass is 440 g/mol. The number of hydrogen-bond acceptors (Lipinski definition) is 6. The molecule has 0 aliphatic carbocycles. The predicted molar refractivity (Wildman–Crippen MR) is 110 cm³/mol. The van der Waals surface area contributed by atoms with Gasteiger partial charge in [-0.2, -0.15) is 9.82 Å². The summed E-state index contributed by atoms with van der Waals surface area (Å²) in [5.41, 5.74) is 0.479. The molecule has 2 aromatic rings. The lowest BCUT2D eigenvalue weighted by Crippen LogP contribution is -2.45. The van der Waals surface area contributed by atoms with Crippen molar-refractivity contribution in [2.75, 3.05) is 11.9 Å². The molecule has 1 heterocycles. The van der Waals surface area contributed by atoms with Crippen LogP contribution in [0.2, 0.25) is 0 Å². The third-order valence-electron chi connectivity index (χ3n) is 4.01. The number of nitrogens with zero attached hydrogens (tertiary/aromatic N) is 2. The van der Waals surface area contributed by atoms with Gasteiger partial charge in [0.2, 0.25) is 21.8 Å². The molecule has 4 N–H and O–H groups in total. The zero-order valence-corrected chi connectivity index (χ0v) is 18.0. The van der Waals surface area contributed by atoms with Crippen molar-refractivity contribution in [3.05, 3.63) is 34.9 Å². The number of aromatic nitrogens is 3.